The Morgan fingerprint density at radius 2 is 1.79 bits per heavy atom. The van der Waals surface area contributed by atoms with E-state index in [0.29, 0.717) is 5.75 Å². The maximum absolute atomic E-state index is 12.1. The van der Waals surface area contributed by atoms with Crippen molar-refractivity contribution in [1.29, 1.82) is 0 Å². The number of ether oxygens (including phenoxy) is 1. The van der Waals surface area contributed by atoms with E-state index in [4.69, 9.17) is 4.74 Å². The van der Waals surface area contributed by atoms with Crippen molar-refractivity contribution in [3.8, 4) is 5.75 Å². The highest BCUT2D eigenvalue weighted by molar-refractivity contribution is 7.80. The van der Waals surface area contributed by atoms with Crippen molar-refractivity contribution in [2.45, 2.75) is 18.9 Å². The van der Waals surface area contributed by atoms with Crippen LogP contribution >= 0.6 is 12.6 Å². The molecule has 0 spiro atoms. The fraction of sp³-hybridized carbons (Fsp3) is 0.174. The summed E-state index contributed by atoms with van der Waals surface area (Å²) < 4.78 is 5.37. The van der Waals surface area contributed by atoms with Gasteiger partial charge in [0.25, 0.3) is 0 Å². The molecule has 4 nitrogen and oxygen atoms in total. The number of hydrogen-bond acceptors (Lipinski definition) is 5. The summed E-state index contributed by atoms with van der Waals surface area (Å²) in [5.41, 5.74) is 2.03. The molecule has 0 saturated carbocycles. The van der Waals surface area contributed by atoms with Crippen molar-refractivity contribution in [2.75, 3.05) is 18.9 Å². The van der Waals surface area contributed by atoms with Crippen LogP contribution in [0, 0.1) is 0 Å². The van der Waals surface area contributed by atoms with Crippen LogP contribution in [0.15, 0.2) is 78.7 Å². The summed E-state index contributed by atoms with van der Waals surface area (Å²) in [5, 5.41) is 8.35. The molecule has 0 saturated heterocycles. The molecule has 0 unspecified atom stereocenters. The summed E-state index contributed by atoms with van der Waals surface area (Å²) in [4.78, 5) is 13.0. The Labute approximate surface area is 173 Å². The minimum absolute atomic E-state index is 0. The van der Waals surface area contributed by atoms with E-state index in [2.05, 4.69) is 36.4 Å². The molecular formula is C23H28N2O2S. The molecule has 3 aromatic carbocycles. The van der Waals surface area contributed by atoms with Crippen LogP contribution in [0.4, 0.5) is 5.69 Å². The normalized spacial score (nSPS) is 9.64. The monoisotopic (exact) mass is 396 g/mol. The first-order valence-electron chi connectivity index (χ1n) is 8.55. The van der Waals surface area contributed by atoms with Crippen LogP contribution in [0.25, 0.3) is 10.8 Å². The van der Waals surface area contributed by atoms with Crippen molar-refractivity contribution in [3.63, 3.8) is 0 Å². The van der Waals surface area contributed by atoms with E-state index in [0.717, 1.165) is 33.5 Å². The van der Waals surface area contributed by atoms with Crippen molar-refractivity contribution in [2.24, 2.45) is 0 Å². The van der Waals surface area contributed by atoms with Gasteiger partial charge in [-0.2, -0.15) is 0 Å². The molecule has 2 N–H and O–H groups in total. The van der Waals surface area contributed by atoms with E-state index in [9.17, 15) is 4.79 Å². The van der Waals surface area contributed by atoms with Crippen molar-refractivity contribution >= 4 is 35.1 Å². The standard InChI is InChI=1S/C20H20N2O2S.C2H4.CH4/c1-21-12-14-5-7-16(8-6-14)24-20(23)13-22-19-4-2-3-15-11-17(25)9-10-18(15)19;1-2;/h2-11,21-22,25H,12-13H2,1H3;1-2H2;1H4. The second-order valence-corrected chi connectivity index (χ2v) is 6.23. The molecule has 3 aromatic rings. The minimum atomic E-state index is -0.329. The van der Waals surface area contributed by atoms with Gasteiger partial charge < -0.3 is 15.4 Å². The van der Waals surface area contributed by atoms with E-state index in [1.54, 1.807) is 12.1 Å². The van der Waals surface area contributed by atoms with Crippen molar-refractivity contribution < 1.29 is 9.53 Å². The summed E-state index contributed by atoms with van der Waals surface area (Å²) in [6.45, 7) is 6.88. The fourth-order valence-electron chi connectivity index (χ4n) is 2.64. The first-order chi connectivity index (χ1) is 13.2. The molecule has 0 bridgehead atoms. The molecule has 0 amide bonds. The summed E-state index contributed by atoms with van der Waals surface area (Å²) >= 11 is 4.36. The van der Waals surface area contributed by atoms with E-state index in [-0.39, 0.29) is 19.9 Å². The molecule has 3 rings (SSSR count). The van der Waals surface area contributed by atoms with Gasteiger partial charge in [0.15, 0.2) is 0 Å². The van der Waals surface area contributed by atoms with Gasteiger partial charge in [0, 0.05) is 22.5 Å². The lowest BCUT2D eigenvalue weighted by molar-refractivity contribution is -0.132. The van der Waals surface area contributed by atoms with Crippen LogP contribution in [-0.4, -0.2) is 19.6 Å². The highest BCUT2D eigenvalue weighted by Gasteiger charge is 2.07. The Balaban J connectivity index is 0.00000127. The molecular weight excluding hydrogens is 368 g/mol. The highest BCUT2D eigenvalue weighted by Crippen LogP contribution is 2.25. The maximum Gasteiger partial charge on any atom is 0.330 e. The fourth-order valence-corrected chi connectivity index (χ4v) is 2.85. The summed E-state index contributed by atoms with van der Waals surface area (Å²) in [7, 11) is 1.89. The third-order valence-electron chi connectivity index (χ3n) is 3.82. The predicted octanol–water partition coefficient (Wildman–Crippen LogP) is 5.30. The second kappa shape index (κ2) is 11.8. The predicted molar refractivity (Wildman–Crippen MR) is 123 cm³/mol. The maximum atomic E-state index is 12.1. The molecule has 0 aliphatic heterocycles. The van der Waals surface area contributed by atoms with E-state index in [1.807, 2.05) is 55.6 Å². The molecule has 0 heterocycles. The molecule has 5 heteroatoms. The summed E-state index contributed by atoms with van der Waals surface area (Å²) in [5.74, 6) is 0.216. The van der Waals surface area contributed by atoms with Gasteiger partial charge in [-0.15, -0.1) is 25.8 Å². The number of anilines is 1. The molecule has 0 radical (unpaired) electrons. The van der Waals surface area contributed by atoms with Gasteiger partial charge >= 0.3 is 5.97 Å². The van der Waals surface area contributed by atoms with Crippen LogP contribution in [-0.2, 0) is 11.3 Å². The lowest BCUT2D eigenvalue weighted by atomic mass is 10.1. The number of thiol groups is 1. The SMILES string of the molecule is C.C=C.CNCc1ccc(OC(=O)CNc2cccc3cc(S)ccc23)cc1. The highest BCUT2D eigenvalue weighted by atomic mass is 32.1. The van der Waals surface area contributed by atoms with E-state index >= 15 is 0 Å². The lowest BCUT2D eigenvalue weighted by Crippen LogP contribution is -2.19. The number of esters is 1. The van der Waals surface area contributed by atoms with Crippen LogP contribution < -0.4 is 15.4 Å². The molecule has 0 atom stereocenters. The van der Waals surface area contributed by atoms with Gasteiger partial charge in [0.05, 0.1) is 0 Å². The largest absolute Gasteiger partial charge is 0.425 e. The zero-order valence-electron chi connectivity index (χ0n) is 15.4. The van der Waals surface area contributed by atoms with Gasteiger partial charge in [-0.05, 0) is 48.3 Å². The lowest BCUT2D eigenvalue weighted by Gasteiger charge is -2.10. The number of hydrogen-bond donors (Lipinski definition) is 3. The molecule has 148 valence electrons. The molecule has 0 aliphatic carbocycles. The van der Waals surface area contributed by atoms with Gasteiger partial charge in [-0.1, -0.05) is 37.8 Å². The number of rotatable bonds is 6. The summed E-state index contributed by atoms with van der Waals surface area (Å²) in [6.07, 6.45) is 0. The number of fused-ring (bicyclic) bond motifs is 1. The Hall–Kier alpha value is -2.76. The molecule has 0 aromatic heterocycles. The van der Waals surface area contributed by atoms with Gasteiger partial charge in [-0.25, -0.2) is 4.79 Å². The van der Waals surface area contributed by atoms with Gasteiger partial charge in [0.2, 0.25) is 0 Å². The van der Waals surface area contributed by atoms with Gasteiger partial charge in [-0.3, -0.25) is 0 Å². The Kier molecular flexibility index (Phi) is 9.85. The first-order valence-corrected chi connectivity index (χ1v) is 9.00. The third-order valence-corrected chi connectivity index (χ3v) is 4.10. The molecule has 0 fully saturated rings. The Morgan fingerprint density at radius 1 is 1.07 bits per heavy atom. The molecule has 0 aliphatic rings. The van der Waals surface area contributed by atoms with Crippen LogP contribution in [0.5, 0.6) is 5.75 Å². The number of nitrogens with one attached hydrogen (secondary N) is 2. The zero-order valence-corrected chi connectivity index (χ0v) is 16.3. The topological polar surface area (TPSA) is 50.4 Å². The average molecular weight is 397 g/mol. The van der Waals surface area contributed by atoms with Crippen LogP contribution in [0.3, 0.4) is 0 Å². The van der Waals surface area contributed by atoms with Crippen LogP contribution in [0.1, 0.15) is 13.0 Å². The first kappa shape index (κ1) is 23.3. The van der Waals surface area contributed by atoms with E-state index < -0.39 is 0 Å². The Morgan fingerprint density at radius 3 is 2.46 bits per heavy atom. The third kappa shape index (κ3) is 6.44. The van der Waals surface area contributed by atoms with Gasteiger partial charge in [0.1, 0.15) is 12.3 Å². The average Bonchev–Trinajstić information content (AvgIpc) is 2.69. The quantitative estimate of drug-likeness (QED) is 0.229. The second-order valence-electron chi connectivity index (χ2n) is 5.71. The number of carbonyl (C=O) groups is 1. The minimum Gasteiger partial charge on any atom is -0.425 e. The zero-order chi connectivity index (χ0) is 19.6. The molecule has 28 heavy (non-hydrogen) atoms. The smallest absolute Gasteiger partial charge is 0.330 e. The van der Waals surface area contributed by atoms with Crippen molar-refractivity contribution in [3.05, 3.63) is 79.4 Å². The summed E-state index contributed by atoms with van der Waals surface area (Å²) in [6, 6.07) is 19.3. The van der Waals surface area contributed by atoms with Crippen LogP contribution in [0.2, 0.25) is 0 Å². The van der Waals surface area contributed by atoms with E-state index in [1.165, 1.54) is 0 Å². The Bertz CT molecular complexity index is 895. The number of benzene rings is 3. The number of carbonyl (C=O) groups excluding carboxylic acids is 1. The van der Waals surface area contributed by atoms with Crippen molar-refractivity contribution in [1.82, 2.24) is 5.32 Å².